The van der Waals surface area contributed by atoms with E-state index in [-0.39, 0.29) is 12.5 Å². The van der Waals surface area contributed by atoms with Crippen LogP contribution in [0.3, 0.4) is 0 Å². The Labute approximate surface area is 193 Å². The van der Waals surface area contributed by atoms with Crippen molar-refractivity contribution in [3.8, 4) is 45.5 Å². The first-order valence-electron chi connectivity index (χ1n) is 10.5. The maximum Gasteiger partial charge on any atom is 0.243 e. The van der Waals surface area contributed by atoms with Crippen LogP contribution in [-0.4, -0.2) is 43.5 Å². The van der Waals surface area contributed by atoms with E-state index in [0.717, 1.165) is 16.8 Å². The van der Waals surface area contributed by atoms with Gasteiger partial charge in [0, 0.05) is 23.6 Å². The van der Waals surface area contributed by atoms with Crippen molar-refractivity contribution in [2.24, 2.45) is 0 Å². The molecule has 0 saturated heterocycles. The fourth-order valence-corrected chi connectivity index (χ4v) is 3.35. The second-order valence-electron chi connectivity index (χ2n) is 7.34. The molecule has 1 amide bonds. The predicted octanol–water partition coefficient (Wildman–Crippen LogP) is 4.49. The number of carbonyl (C=O) groups excluding carboxylic acids is 1. The molecule has 3 aromatic rings. The molecular weight excluding hydrogens is 424 g/mol. The number of rotatable bonds is 10. The molecule has 0 aliphatic rings. The summed E-state index contributed by atoms with van der Waals surface area (Å²) in [5.74, 6) is 2.23. The maximum atomic E-state index is 11.2. The third-order valence-corrected chi connectivity index (χ3v) is 5.13. The zero-order valence-electron chi connectivity index (χ0n) is 19.1. The summed E-state index contributed by atoms with van der Waals surface area (Å²) in [7, 11) is 4.83. The molecule has 1 unspecified atom stereocenters. The van der Waals surface area contributed by atoms with Crippen LogP contribution >= 0.6 is 0 Å². The number of aromatic nitrogens is 1. The van der Waals surface area contributed by atoms with Crippen molar-refractivity contribution in [1.82, 2.24) is 10.5 Å². The predicted molar refractivity (Wildman–Crippen MR) is 124 cm³/mol. The number of hydrogen-bond acceptors (Lipinski definition) is 7. The number of hydroxylamine groups is 1. The Morgan fingerprint density at radius 1 is 0.939 bits per heavy atom. The maximum absolute atomic E-state index is 11.2. The van der Waals surface area contributed by atoms with Crippen LogP contribution in [-0.2, 0) is 4.79 Å². The zero-order chi connectivity index (χ0) is 23.8. The largest absolute Gasteiger partial charge is 0.497 e. The van der Waals surface area contributed by atoms with E-state index in [1.165, 1.54) is 0 Å². The van der Waals surface area contributed by atoms with E-state index in [2.05, 4.69) is 0 Å². The zero-order valence-corrected chi connectivity index (χ0v) is 19.1. The molecule has 0 radical (unpaired) electrons. The number of benzene rings is 2. The number of ether oxygens (including phenoxy) is 4. The number of nitrogens with one attached hydrogen (secondary N) is 1. The van der Waals surface area contributed by atoms with E-state index >= 15 is 0 Å². The Morgan fingerprint density at radius 3 is 2.27 bits per heavy atom. The minimum absolute atomic E-state index is 0.179. The highest BCUT2D eigenvalue weighted by molar-refractivity contribution is 5.75. The molecule has 0 saturated carbocycles. The Kier molecular flexibility index (Phi) is 8.10. The number of hydrogen-bond donors (Lipinski definition) is 2. The van der Waals surface area contributed by atoms with Crippen LogP contribution in [0.25, 0.3) is 22.5 Å². The summed E-state index contributed by atoms with van der Waals surface area (Å²) in [6, 6.07) is 16.9. The van der Waals surface area contributed by atoms with Crippen molar-refractivity contribution in [2.75, 3.05) is 21.3 Å². The van der Waals surface area contributed by atoms with Gasteiger partial charge in [-0.15, -0.1) is 0 Å². The lowest BCUT2D eigenvalue weighted by Gasteiger charge is -2.15. The molecule has 0 aliphatic carbocycles. The lowest BCUT2D eigenvalue weighted by molar-refractivity contribution is -0.129. The fraction of sp³-hybridized carbons (Fsp3) is 0.280. The van der Waals surface area contributed by atoms with E-state index in [4.69, 9.17) is 29.1 Å². The Balaban J connectivity index is 1.85. The lowest BCUT2D eigenvalue weighted by atomic mass is 10.1. The van der Waals surface area contributed by atoms with E-state index in [1.54, 1.807) is 26.8 Å². The van der Waals surface area contributed by atoms with Gasteiger partial charge < -0.3 is 18.9 Å². The normalized spacial score (nSPS) is 11.4. The summed E-state index contributed by atoms with van der Waals surface area (Å²) in [6.45, 7) is 1.87. The highest BCUT2D eigenvalue weighted by Crippen LogP contribution is 2.36. The molecule has 2 aromatic carbocycles. The molecule has 0 bridgehead atoms. The number of pyridine rings is 1. The van der Waals surface area contributed by atoms with Gasteiger partial charge in [-0.25, -0.2) is 10.5 Å². The van der Waals surface area contributed by atoms with Gasteiger partial charge in [-0.05, 0) is 61.9 Å². The first kappa shape index (κ1) is 23.9. The standard InChI is InChI=1S/C25H28N2O6/c1-16(5-14-24(28)27-29)33-18-8-6-17(7-9-18)25-22(31-3)13-12-21(26-25)20-11-10-19(30-2)15-23(20)32-4/h6-13,15-16,29H,5,14H2,1-4H3,(H,27,28). The van der Waals surface area contributed by atoms with Crippen LogP contribution < -0.4 is 24.4 Å². The van der Waals surface area contributed by atoms with Crippen molar-refractivity contribution in [3.63, 3.8) is 0 Å². The lowest BCUT2D eigenvalue weighted by Crippen LogP contribution is -2.21. The van der Waals surface area contributed by atoms with Crippen molar-refractivity contribution in [2.45, 2.75) is 25.9 Å². The van der Waals surface area contributed by atoms with Gasteiger partial charge >= 0.3 is 0 Å². The molecule has 1 aromatic heterocycles. The van der Waals surface area contributed by atoms with Gasteiger partial charge in [0.2, 0.25) is 5.91 Å². The van der Waals surface area contributed by atoms with Gasteiger partial charge in [0.15, 0.2) is 0 Å². The van der Waals surface area contributed by atoms with E-state index in [1.807, 2.05) is 61.5 Å². The van der Waals surface area contributed by atoms with Crippen LogP contribution in [0.2, 0.25) is 0 Å². The van der Waals surface area contributed by atoms with Gasteiger partial charge in [0.25, 0.3) is 0 Å². The number of nitrogens with zero attached hydrogens (tertiary/aromatic N) is 1. The van der Waals surface area contributed by atoms with Crippen LogP contribution in [0.1, 0.15) is 19.8 Å². The molecule has 8 heteroatoms. The molecule has 1 heterocycles. The van der Waals surface area contributed by atoms with Crippen molar-refractivity contribution < 1.29 is 28.9 Å². The summed E-state index contributed by atoms with van der Waals surface area (Å²) < 4.78 is 22.2. The molecule has 8 nitrogen and oxygen atoms in total. The van der Waals surface area contributed by atoms with Crippen LogP contribution in [0.15, 0.2) is 54.6 Å². The smallest absolute Gasteiger partial charge is 0.243 e. The second-order valence-corrected chi connectivity index (χ2v) is 7.34. The minimum atomic E-state index is -0.438. The van der Waals surface area contributed by atoms with E-state index in [9.17, 15) is 4.79 Å². The summed E-state index contributed by atoms with van der Waals surface area (Å²) in [5, 5.41) is 8.59. The van der Waals surface area contributed by atoms with E-state index in [0.29, 0.717) is 35.1 Å². The molecule has 33 heavy (non-hydrogen) atoms. The van der Waals surface area contributed by atoms with Gasteiger partial charge in [-0.2, -0.15) is 0 Å². The number of carbonyl (C=O) groups is 1. The highest BCUT2D eigenvalue weighted by atomic mass is 16.5. The Morgan fingerprint density at radius 2 is 1.64 bits per heavy atom. The first-order chi connectivity index (χ1) is 16.0. The number of amides is 1. The first-order valence-corrected chi connectivity index (χ1v) is 10.5. The minimum Gasteiger partial charge on any atom is -0.497 e. The molecule has 1 atom stereocenters. The third-order valence-electron chi connectivity index (χ3n) is 5.13. The van der Waals surface area contributed by atoms with Gasteiger partial charge in [-0.3, -0.25) is 10.0 Å². The average Bonchev–Trinajstić information content (AvgIpc) is 2.86. The van der Waals surface area contributed by atoms with Gasteiger partial charge in [-0.1, -0.05) is 0 Å². The van der Waals surface area contributed by atoms with Crippen LogP contribution in [0.4, 0.5) is 0 Å². The van der Waals surface area contributed by atoms with Gasteiger partial charge in [0.05, 0.1) is 33.1 Å². The second kappa shape index (κ2) is 11.2. The fourth-order valence-electron chi connectivity index (χ4n) is 3.35. The Hall–Kier alpha value is -3.78. The van der Waals surface area contributed by atoms with E-state index < -0.39 is 5.91 Å². The Bertz CT molecular complexity index is 1080. The topological polar surface area (TPSA) is 99.1 Å². The molecular formula is C25H28N2O6. The summed E-state index contributed by atoms with van der Waals surface area (Å²) in [5.41, 5.74) is 4.74. The molecule has 0 aliphatic heterocycles. The molecule has 0 spiro atoms. The third kappa shape index (κ3) is 5.93. The summed E-state index contributed by atoms with van der Waals surface area (Å²) in [4.78, 5) is 16.0. The van der Waals surface area contributed by atoms with Crippen LogP contribution in [0.5, 0.6) is 23.0 Å². The average molecular weight is 453 g/mol. The quantitative estimate of drug-likeness (QED) is 0.345. The van der Waals surface area contributed by atoms with Gasteiger partial charge in [0.1, 0.15) is 28.7 Å². The summed E-state index contributed by atoms with van der Waals surface area (Å²) >= 11 is 0. The van der Waals surface area contributed by atoms with Crippen molar-refractivity contribution >= 4 is 5.91 Å². The number of methoxy groups -OCH3 is 3. The molecule has 174 valence electrons. The SMILES string of the molecule is COc1ccc(-c2ccc(OC)c(-c3ccc(OC(C)CCC(=O)NO)cc3)n2)c(OC)c1. The van der Waals surface area contributed by atoms with Crippen molar-refractivity contribution in [1.29, 1.82) is 0 Å². The molecule has 0 fully saturated rings. The van der Waals surface area contributed by atoms with Crippen molar-refractivity contribution in [3.05, 3.63) is 54.6 Å². The summed E-state index contributed by atoms with van der Waals surface area (Å²) in [6.07, 6.45) is 0.472. The van der Waals surface area contributed by atoms with Crippen LogP contribution in [0, 0.1) is 0 Å². The molecule has 3 rings (SSSR count). The monoisotopic (exact) mass is 452 g/mol. The molecule has 2 N–H and O–H groups in total. The highest BCUT2D eigenvalue weighted by Gasteiger charge is 2.15.